The van der Waals surface area contributed by atoms with Crippen molar-refractivity contribution in [2.24, 2.45) is 0 Å². The Bertz CT molecular complexity index is 280. The summed E-state index contributed by atoms with van der Waals surface area (Å²) in [6.07, 6.45) is 1.39. The number of hydrogen-bond donors (Lipinski definition) is 0. The molecule has 0 spiro atoms. The van der Waals surface area contributed by atoms with E-state index in [4.69, 9.17) is 0 Å². The first kappa shape index (κ1) is 12.1. The number of carbonyl (C=O) groups is 1. The van der Waals surface area contributed by atoms with E-state index in [0.29, 0.717) is 10.2 Å². The van der Waals surface area contributed by atoms with Crippen LogP contribution in [0.1, 0.15) is 5.69 Å². The summed E-state index contributed by atoms with van der Waals surface area (Å²) in [5.41, 5.74) is 0.493. The molecule has 58 valence electrons. The second-order valence-corrected chi connectivity index (χ2v) is 2.84. The molecule has 0 radical (unpaired) electrons. The first-order valence-corrected chi connectivity index (χ1v) is 3.78. The van der Waals surface area contributed by atoms with Crippen molar-refractivity contribution in [1.29, 1.82) is 0 Å². The summed E-state index contributed by atoms with van der Waals surface area (Å²) in [5, 5.41) is 10.1. The molecule has 0 aliphatic heterocycles. The third-order valence-corrected chi connectivity index (χ3v) is 1.87. The Labute approximate surface area is 101 Å². The number of hydrogen-bond acceptors (Lipinski definition) is 3. The maximum Gasteiger partial charge on any atom is 1.00 e. The molecule has 5 heteroatoms. The first-order valence-electron chi connectivity index (χ1n) is 2.99. The molecule has 0 saturated heterocycles. The molecular formula is C7H5BrNNaO2. The van der Waals surface area contributed by atoms with Crippen LogP contribution in [0.4, 0.5) is 0 Å². The van der Waals surface area contributed by atoms with Gasteiger partial charge < -0.3 is 9.90 Å². The summed E-state index contributed by atoms with van der Waals surface area (Å²) >= 11 is 3.17. The topological polar surface area (TPSA) is 53.0 Å². The Balaban J connectivity index is 0.00000121. The van der Waals surface area contributed by atoms with Crippen LogP contribution in [0.25, 0.3) is 0 Å². The van der Waals surface area contributed by atoms with Crippen LogP contribution in [0.15, 0.2) is 22.8 Å². The van der Waals surface area contributed by atoms with Gasteiger partial charge in [0.25, 0.3) is 0 Å². The van der Waals surface area contributed by atoms with Crippen LogP contribution < -0.4 is 34.7 Å². The van der Waals surface area contributed by atoms with Gasteiger partial charge in [0.1, 0.15) is 0 Å². The van der Waals surface area contributed by atoms with Crippen molar-refractivity contribution < 1.29 is 39.5 Å². The molecule has 0 aliphatic rings. The zero-order chi connectivity index (χ0) is 8.27. The molecule has 0 atom stereocenters. The van der Waals surface area contributed by atoms with E-state index in [1.807, 2.05) is 0 Å². The van der Waals surface area contributed by atoms with E-state index < -0.39 is 5.97 Å². The molecule has 0 aliphatic carbocycles. The van der Waals surface area contributed by atoms with E-state index in [1.54, 1.807) is 18.3 Å². The minimum atomic E-state index is -1.12. The number of halogens is 1. The molecule has 0 aromatic carbocycles. The summed E-state index contributed by atoms with van der Waals surface area (Å²) < 4.78 is 0.698. The minimum Gasteiger partial charge on any atom is -0.550 e. The molecule has 1 aromatic rings. The average molecular weight is 238 g/mol. The first-order chi connectivity index (χ1) is 5.20. The molecule has 0 fully saturated rings. The van der Waals surface area contributed by atoms with Crippen molar-refractivity contribution in [3.63, 3.8) is 0 Å². The van der Waals surface area contributed by atoms with Gasteiger partial charge >= 0.3 is 29.6 Å². The standard InChI is InChI=1S/C7H6BrNO2.Na/c8-5-2-1-3-9-6(5)4-7(10)11;/h1-3H,4H2,(H,10,11);/q;+1/p-1. The number of carboxylic acid groups (broad SMARTS) is 1. The fourth-order valence-corrected chi connectivity index (χ4v) is 1.08. The Morgan fingerprint density at radius 2 is 2.33 bits per heavy atom. The van der Waals surface area contributed by atoms with Crippen LogP contribution in [-0.4, -0.2) is 11.0 Å². The van der Waals surface area contributed by atoms with Crippen LogP contribution in [0.5, 0.6) is 0 Å². The molecule has 0 N–H and O–H groups in total. The maximum absolute atomic E-state index is 10.1. The van der Waals surface area contributed by atoms with Gasteiger partial charge in [-0.15, -0.1) is 0 Å². The molecular weight excluding hydrogens is 233 g/mol. The van der Waals surface area contributed by atoms with E-state index >= 15 is 0 Å². The largest absolute Gasteiger partial charge is 1.00 e. The summed E-state index contributed by atoms with van der Waals surface area (Å²) in [6, 6.07) is 3.47. The molecule has 3 nitrogen and oxygen atoms in total. The zero-order valence-corrected chi connectivity index (χ0v) is 10.2. The molecule has 1 aromatic heterocycles. The number of nitrogens with zero attached hydrogens (tertiary/aromatic N) is 1. The van der Waals surface area contributed by atoms with Gasteiger partial charge in [0, 0.05) is 23.1 Å². The van der Waals surface area contributed by atoms with Crippen LogP contribution in [0.3, 0.4) is 0 Å². The van der Waals surface area contributed by atoms with Crippen molar-refractivity contribution in [1.82, 2.24) is 4.98 Å². The van der Waals surface area contributed by atoms with E-state index in [-0.39, 0.29) is 36.0 Å². The van der Waals surface area contributed by atoms with Gasteiger partial charge in [0.05, 0.1) is 5.69 Å². The predicted molar refractivity (Wildman–Crippen MR) is 40.6 cm³/mol. The Kier molecular flexibility index (Phi) is 5.74. The normalized spacial score (nSPS) is 8.75. The molecule has 1 rings (SSSR count). The molecule has 0 amide bonds. The second kappa shape index (κ2) is 5.70. The summed E-state index contributed by atoms with van der Waals surface area (Å²) in [4.78, 5) is 14.0. The average Bonchev–Trinajstić information content (AvgIpc) is 1.93. The van der Waals surface area contributed by atoms with Crippen LogP contribution in [0.2, 0.25) is 0 Å². The number of rotatable bonds is 2. The third-order valence-electron chi connectivity index (χ3n) is 1.15. The Morgan fingerprint density at radius 1 is 1.67 bits per heavy atom. The van der Waals surface area contributed by atoms with E-state index in [2.05, 4.69) is 20.9 Å². The monoisotopic (exact) mass is 237 g/mol. The SMILES string of the molecule is O=C([O-])Cc1ncccc1Br.[Na+]. The van der Waals surface area contributed by atoms with Crippen molar-refractivity contribution in [3.8, 4) is 0 Å². The van der Waals surface area contributed by atoms with Gasteiger partial charge in [0.2, 0.25) is 0 Å². The number of pyridine rings is 1. The molecule has 0 saturated carbocycles. The summed E-state index contributed by atoms with van der Waals surface area (Å²) in [7, 11) is 0. The van der Waals surface area contributed by atoms with Gasteiger partial charge in [-0.05, 0) is 28.1 Å². The van der Waals surface area contributed by atoms with Crippen molar-refractivity contribution in [3.05, 3.63) is 28.5 Å². The van der Waals surface area contributed by atoms with Gasteiger partial charge in [0.15, 0.2) is 0 Å². The molecule has 1 heterocycles. The molecule has 12 heavy (non-hydrogen) atoms. The Morgan fingerprint density at radius 3 is 2.83 bits per heavy atom. The van der Waals surface area contributed by atoms with Crippen LogP contribution >= 0.6 is 15.9 Å². The Hall–Kier alpha value is 0.100. The second-order valence-electron chi connectivity index (χ2n) is 1.98. The van der Waals surface area contributed by atoms with E-state index in [0.717, 1.165) is 0 Å². The predicted octanol–water partition coefficient (Wildman–Crippen LogP) is -2.86. The van der Waals surface area contributed by atoms with Gasteiger partial charge in [-0.2, -0.15) is 0 Å². The van der Waals surface area contributed by atoms with Gasteiger partial charge in [-0.3, -0.25) is 4.98 Å². The number of aliphatic carboxylic acids is 1. The van der Waals surface area contributed by atoms with Crippen LogP contribution in [0, 0.1) is 0 Å². The fourth-order valence-electron chi connectivity index (χ4n) is 0.685. The number of carbonyl (C=O) groups excluding carboxylic acids is 1. The summed E-state index contributed by atoms with van der Waals surface area (Å²) in [5.74, 6) is -1.12. The molecule has 0 bridgehead atoms. The smallest absolute Gasteiger partial charge is 0.550 e. The number of aromatic nitrogens is 1. The quantitative estimate of drug-likeness (QED) is 0.521. The summed E-state index contributed by atoms with van der Waals surface area (Å²) in [6.45, 7) is 0. The van der Waals surface area contributed by atoms with E-state index in [1.165, 1.54) is 0 Å². The fraction of sp³-hybridized carbons (Fsp3) is 0.143. The van der Waals surface area contributed by atoms with Crippen molar-refractivity contribution >= 4 is 21.9 Å². The third kappa shape index (κ3) is 3.67. The zero-order valence-electron chi connectivity index (χ0n) is 6.58. The van der Waals surface area contributed by atoms with Crippen molar-refractivity contribution in [2.75, 3.05) is 0 Å². The maximum atomic E-state index is 10.1. The van der Waals surface area contributed by atoms with E-state index in [9.17, 15) is 9.90 Å². The molecule has 0 unspecified atom stereocenters. The van der Waals surface area contributed by atoms with Gasteiger partial charge in [-0.25, -0.2) is 0 Å². The van der Waals surface area contributed by atoms with Crippen molar-refractivity contribution in [2.45, 2.75) is 6.42 Å². The minimum absolute atomic E-state index is 0. The number of carboxylic acids is 1. The van der Waals surface area contributed by atoms with Gasteiger partial charge in [-0.1, -0.05) is 0 Å². The van der Waals surface area contributed by atoms with Crippen LogP contribution in [-0.2, 0) is 11.2 Å².